The highest BCUT2D eigenvalue weighted by Gasteiger charge is 2.18. The van der Waals surface area contributed by atoms with Crippen LogP contribution >= 0.6 is 0 Å². The summed E-state index contributed by atoms with van der Waals surface area (Å²) in [7, 11) is -3.94. The Labute approximate surface area is 152 Å². The van der Waals surface area contributed by atoms with Crippen molar-refractivity contribution in [2.45, 2.75) is 11.8 Å². The molecule has 0 radical (unpaired) electrons. The Morgan fingerprint density at radius 3 is 2.54 bits per heavy atom. The molecule has 2 aromatic rings. The Kier molecular flexibility index (Phi) is 6.72. The zero-order chi connectivity index (χ0) is 19.0. The van der Waals surface area contributed by atoms with Crippen molar-refractivity contribution in [1.29, 1.82) is 5.26 Å². The molecule has 7 nitrogen and oxygen atoms in total. The molecule has 0 bridgehead atoms. The van der Waals surface area contributed by atoms with E-state index in [0.717, 1.165) is 5.56 Å². The van der Waals surface area contributed by atoms with Gasteiger partial charge >= 0.3 is 0 Å². The molecule has 2 aromatic carbocycles. The van der Waals surface area contributed by atoms with Crippen molar-refractivity contribution in [3.63, 3.8) is 0 Å². The third kappa shape index (κ3) is 5.58. The third-order valence-electron chi connectivity index (χ3n) is 3.43. The van der Waals surface area contributed by atoms with Gasteiger partial charge in [0.25, 0.3) is 0 Å². The molecular formula is C18H19N3O4S. The Bertz CT molecular complexity index is 903. The van der Waals surface area contributed by atoms with Crippen LogP contribution in [0.25, 0.3) is 0 Å². The molecule has 1 amide bonds. The van der Waals surface area contributed by atoms with E-state index in [2.05, 4.69) is 10.0 Å². The number of nitrogens with zero attached hydrogens (tertiary/aromatic N) is 1. The SMILES string of the molecule is Cc1ccc(OCCNC(=O)CNS(=O)(=O)c2ccccc2C#N)cc1. The first-order valence-corrected chi connectivity index (χ1v) is 9.35. The summed E-state index contributed by atoms with van der Waals surface area (Å²) in [6, 6.07) is 15.1. The van der Waals surface area contributed by atoms with Crippen LogP contribution in [0.15, 0.2) is 53.4 Å². The van der Waals surface area contributed by atoms with Crippen LogP contribution in [0.3, 0.4) is 0 Å². The first-order chi connectivity index (χ1) is 12.4. The van der Waals surface area contributed by atoms with E-state index in [4.69, 9.17) is 10.00 Å². The van der Waals surface area contributed by atoms with Gasteiger partial charge < -0.3 is 10.1 Å². The minimum Gasteiger partial charge on any atom is -0.492 e. The second-order valence-electron chi connectivity index (χ2n) is 5.44. The molecule has 26 heavy (non-hydrogen) atoms. The molecule has 2 rings (SSSR count). The van der Waals surface area contributed by atoms with Crippen molar-refractivity contribution in [3.05, 3.63) is 59.7 Å². The average molecular weight is 373 g/mol. The van der Waals surface area contributed by atoms with Crippen molar-refractivity contribution >= 4 is 15.9 Å². The minimum absolute atomic E-state index is 0.0203. The summed E-state index contributed by atoms with van der Waals surface area (Å²) in [4.78, 5) is 11.6. The molecule has 0 aliphatic carbocycles. The van der Waals surface area contributed by atoms with Crippen LogP contribution < -0.4 is 14.8 Å². The number of nitriles is 1. The van der Waals surface area contributed by atoms with Gasteiger partial charge in [-0.15, -0.1) is 0 Å². The number of rotatable bonds is 8. The Morgan fingerprint density at radius 1 is 1.15 bits per heavy atom. The van der Waals surface area contributed by atoms with Crippen molar-refractivity contribution < 1.29 is 17.9 Å². The molecule has 0 spiro atoms. The highest BCUT2D eigenvalue weighted by Crippen LogP contribution is 2.13. The van der Waals surface area contributed by atoms with Gasteiger partial charge in [-0.25, -0.2) is 13.1 Å². The second kappa shape index (κ2) is 8.99. The monoisotopic (exact) mass is 373 g/mol. The molecule has 136 valence electrons. The van der Waals surface area contributed by atoms with Crippen molar-refractivity contribution in [1.82, 2.24) is 10.0 Å². The lowest BCUT2D eigenvalue weighted by molar-refractivity contribution is -0.120. The van der Waals surface area contributed by atoms with E-state index in [9.17, 15) is 13.2 Å². The lowest BCUT2D eigenvalue weighted by Crippen LogP contribution is -2.38. The first kappa shape index (κ1) is 19.4. The summed E-state index contributed by atoms with van der Waals surface area (Å²) in [6.07, 6.45) is 0. The van der Waals surface area contributed by atoms with Crippen molar-refractivity contribution in [3.8, 4) is 11.8 Å². The minimum atomic E-state index is -3.94. The molecule has 0 aliphatic heterocycles. The first-order valence-electron chi connectivity index (χ1n) is 7.87. The van der Waals surface area contributed by atoms with Gasteiger partial charge in [0.2, 0.25) is 15.9 Å². The van der Waals surface area contributed by atoms with E-state index in [0.29, 0.717) is 5.75 Å². The fraction of sp³-hybridized carbons (Fsp3) is 0.222. The molecule has 0 fully saturated rings. The number of hydrogen-bond acceptors (Lipinski definition) is 5. The van der Waals surface area contributed by atoms with Crippen LogP contribution in [0.1, 0.15) is 11.1 Å². The maximum Gasteiger partial charge on any atom is 0.242 e. The number of hydrogen-bond donors (Lipinski definition) is 2. The van der Waals surface area contributed by atoms with Gasteiger partial charge in [-0.3, -0.25) is 4.79 Å². The fourth-order valence-electron chi connectivity index (χ4n) is 2.09. The summed E-state index contributed by atoms with van der Waals surface area (Å²) in [5, 5.41) is 11.5. The Hall–Kier alpha value is -2.89. The summed E-state index contributed by atoms with van der Waals surface area (Å²) in [5.74, 6) is 0.203. The van der Waals surface area contributed by atoms with E-state index in [-0.39, 0.29) is 23.6 Å². The molecule has 0 saturated carbocycles. The number of benzene rings is 2. The molecule has 0 unspecified atom stereocenters. The lowest BCUT2D eigenvalue weighted by atomic mass is 10.2. The Balaban J connectivity index is 1.77. The molecule has 2 N–H and O–H groups in total. The molecule has 0 atom stereocenters. The van der Waals surface area contributed by atoms with E-state index in [1.807, 2.05) is 37.3 Å². The van der Waals surface area contributed by atoms with Crippen LogP contribution in [0, 0.1) is 18.3 Å². The lowest BCUT2D eigenvalue weighted by Gasteiger charge is -2.10. The zero-order valence-corrected chi connectivity index (χ0v) is 15.0. The maximum atomic E-state index is 12.2. The molecule has 0 saturated heterocycles. The smallest absolute Gasteiger partial charge is 0.242 e. The molecule has 8 heteroatoms. The van der Waals surface area contributed by atoms with Crippen molar-refractivity contribution in [2.75, 3.05) is 19.7 Å². The quantitative estimate of drug-likeness (QED) is 0.679. The largest absolute Gasteiger partial charge is 0.492 e. The molecule has 0 aromatic heterocycles. The van der Waals surface area contributed by atoms with Gasteiger partial charge in [-0.2, -0.15) is 5.26 Å². The topological polar surface area (TPSA) is 108 Å². The number of aryl methyl sites for hydroxylation is 1. The number of nitrogens with one attached hydrogen (secondary N) is 2. The van der Waals surface area contributed by atoms with Gasteiger partial charge in [0.05, 0.1) is 23.5 Å². The summed E-state index contributed by atoms with van der Waals surface area (Å²) < 4.78 is 32.0. The van der Waals surface area contributed by atoms with Gasteiger partial charge in [0.1, 0.15) is 18.4 Å². The van der Waals surface area contributed by atoms with E-state index in [1.165, 1.54) is 18.2 Å². The second-order valence-corrected chi connectivity index (χ2v) is 7.18. The number of ether oxygens (including phenoxy) is 1. The van der Waals surface area contributed by atoms with E-state index in [1.54, 1.807) is 6.07 Å². The summed E-state index contributed by atoms with van der Waals surface area (Å²) in [6.45, 7) is 2.05. The predicted octanol–water partition coefficient (Wildman–Crippen LogP) is 1.34. The molecule has 0 heterocycles. The highest BCUT2D eigenvalue weighted by molar-refractivity contribution is 7.89. The number of carbonyl (C=O) groups excluding carboxylic acids is 1. The number of sulfonamides is 1. The van der Waals surface area contributed by atoms with Crippen LogP contribution in [0.2, 0.25) is 0 Å². The van der Waals surface area contributed by atoms with Gasteiger partial charge in [-0.05, 0) is 31.2 Å². The fourth-order valence-corrected chi connectivity index (χ4v) is 3.23. The molecular weight excluding hydrogens is 354 g/mol. The van der Waals surface area contributed by atoms with Gasteiger partial charge in [-0.1, -0.05) is 29.8 Å². The zero-order valence-electron chi connectivity index (χ0n) is 14.2. The van der Waals surface area contributed by atoms with Gasteiger partial charge in [0, 0.05) is 0 Å². The maximum absolute atomic E-state index is 12.2. The van der Waals surface area contributed by atoms with Crippen molar-refractivity contribution in [2.24, 2.45) is 0 Å². The van der Waals surface area contributed by atoms with E-state index < -0.39 is 22.5 Å². The normalized spacial score (nSPS) is 10.8. The van der Waals surface area contributed by atoms with Crippen LogP contribution in [-0.4, -0.2) is 34.0 Å². The van der Waals surface area contributed by atoms with E-state index >= 15 is 0 Å². The van der Waals surface area contributed by atoms with Crippen LogP contribution in [-0.2, 0) is 14.8 Å². The standard InChI is InChI=1S/C18H19N3O4S/c1-14-6-8-16(9-7-14)25-11-10-20-18(22)13-21-26(23,24)17-5-3-2-4-15(17)12-19/h2-9,21H,10-11,13H2,1H3,(H,20,22). The van der Waals surface area contributed by atoms with Crippen LogP contribution in [0.4, 0.5) is 0 Å². The predicted molar refractivity (Wildman–Crippen MR) is 96.0 cm³/mol. The Morgan fingerprint density at radius 2 is 1.85 bits per heavy atom. The molecule has 0 aliphatic rings. The number of carbonyl (C=O) groups is 1. The average Bonchev–Trinajstić information content (AvgIpc) is 2.65. The summed E-state index contributed by atoms with van der Waals surface area (Å²) >= 11 is 0. The van der Waals surface area contributed by atoms with Crippen LogP contribution in [0.5, 0.6) is 5.75 Å². The summed E-state index contributed by atoms with van der Waals surface area (Å²) in [5.41, 5.74) is 1.14. The number of amides is 1. The third-order valence-corrected chi connectivity index (χ3v) is 4.89. The highest BCUT2D eigenvalue weighted by atomic mass is 32.2. The van der Waals surface area contributed by atoms with Gasteiger partial charge in [0.15, 0.2) is 0 Å².